The molecule has 0 aliphatic rings. The minimum Gasteiger partial charge on any atom is -0.453 e. The smallest absolute Gasteiger partial charge is 0.411 e. The number of hydrogen-bond acceptors (Lipinski definition) is 5. The summed E-state index contributed by atoms with van der Waals surface area (Å²) in [5, 5.41) is 4.97. The maximum Gasteiger partial charge on any atom is 0.411 e. The third kappa shape index (κ3) is 4.74. The molecule has 7 nitrogen and oxygen atoms in total. The van der Waals surface area contributed by atoms with E-state index >= 15 is 0 Å². The van der Waals surface area contributed by atoms with Crippen LogP contribution in [-0.2, 0) is 9.47 Å². The quantitative estimate of drug-likeness (QED) is 0.730. The lowest BCUT2D eigenvalue weighted by molar-refractivity contribution is 0.130. The normalized spacial score (nSPS) is 9.89. The first kappa shape index (κ1) is 14.6. The molecule has 0 heterocycles. The number of carbonyl (C=O) groups is 2. The second-order valence-electron chi connectivity index (χ2n) is 4.00. The molecule has 0 atom stereocenters. The molecule has 0 spiro atoms. The molecular formula is C12H17N3O4. The van der Waals surface area contributed by atoms with Crippen LogP contribution < -0.4 is 16.4 Å². The van der Waals surface area contributed by atoms with Gasteiger partial charge in [-0.3, -0.25) is 10.6 Å². The molecule has 0 radical (unpaired) electrons. The molecule has 4 N–H and O–H groups in total. The Balaban J connectivity index is 2.71. The monoisotopic (exact) mass is 267 g/mol. The summed E-state index contributed by atoms with van der Waals surface area (Å²) in [5.74, 6) is 0. The van der Waals surface area contributed by atoms with Crippen LogP contribution in [0.25, 0.3) is 0 Å². The average molecular weight is 267 g/mol. The van der Waals surface area contributed by atoms with E-state index in [0.717, 1.165) is 0 Å². The van der Waals surface area contributed by atoms with Crippen LogP contribution in [0.1, 0.15) is 13.8 Å². The maximum absolute atomic E-state index is 11.4. The van der Waals surface area contributed by atoms with Crippen molar-refractivity contribution in [3.63, 3.8) is 0 Å². The number of carbonyl (C=O) groups excluding carboxylic acids is 2. The van der Waals surface area contributed by atoms with Crippen molar-refractivity contribution in [2.45, 2.75) is 20.0 Å². The molecule has 7 heteroatoms. The van der Waals surface area contributed by atoms with E-state index in [0.29, 0.717) is 17.1 Å². The zero-order valence-electron chi connectivity index (χ0n) is 11.0. The van der Waals surface area contributed by atoms with Crippen LogP contribution >= 0.6 is 0 Å². The summed E-state index contributed by atoms with van der Waals surface area (Å²) in [6.45, 7) is 3.49. The molecule has 19 heavy (non-hydrogen) atoms. The number of nitrogen functional groups attached to an aromatic ring is 1. The average Bonchev–Trinajstić information content (AvgIpc) is 2.31. The van der Waals surface area contributed by atoms with Gasteiger partial charge in [0.15, 0.2) is 0 Å². The largest absolute Gasteiger partial charge is 0.453 e. The summed E-state index contributed by atoms with van der Waals surface area (Å²) < 4.78 is 9.38. The van der Waals surface area contributed by atoms with E-state index in [4.69, 9.17) is 10.5 Å². The van der Waals surface area contributed by atoms with E-state index in [1.54, 1.807) is 26.0 Å². The van der Waals surface area contributed by atoms with E-state index in [1.807, 2.05) is 0 Å². The van der Waals surface area contributed by atoms with Crippen LogP contribution in [-0.4, -0.2) is 25.4 Å². The standard InChI is InChI=1S/C12H17N3O4/c1-7(2)19-12(17)14-8-4-5-10(9(13)6-8)15-11(16)18-3/h4-7H,13H2,1-3H3,(H,14,17)(H,15,16). The Bertz CT molecular complexity index is 474. The lowest BCUT2D eigenvalue weighted by atomic mass is 10.2. The van der Waals surface area contributed by atoms with Crippen LogP contribution in [0.2, 0.25) is 0 Å². The van der Waals surface area contributed by atoms with Gasteiger partial charge in [0, 0.05) is 5.69 Å². The summed E-state index contributed by atoms with van der Waals surface area (Å²) in [6, 6.07) is 4.65. The minimum atomic E-state index is -0.619. The highest BCUT2D eigenvalue weighted by Gasteiger charge is 2.08. The lowest BCUT2D eigenvalue weighted by Gasteiger charge is -2.11. The molecule has 0 aromatic heterocycles. The Morgan fingerprint density at radius 2 is 1.89 bits per heavy atom. The van der Waals surface area contributed by atoms with Gasteiger partial charge >= 0.3 is 12.2 Å². The second kappa shape index (κ2) is 6.48. The van der Waals surface area contributed by atoms with Gasteiger partial charge in [0.2, 0.25) is 0 Å². The molecule has 1 rings (SSSR count). The first-order chi connectivity index (χ1) is 8.92. The fourth-order valence-electron chi connectivity index (χ4n) is 1.28. The van der Waals surface area contributed by atoms with E-state index < -0.39 is 12.2 Å². The van der Waals surface area contributed by atoms with Crippen molar-refractivity contribution in [2.75, 3.05) is 23.5 Å². The SMILES string of the molecule is COC(=O)Nc1ccc(NC(=O)OC(C)C)cc1N. The van der Waals surface area contributed by atoms with Crippen LogP contribution in [0, 0.1) is 0 Å². The Hall–Kier alpha value is -2.44. The summed E-state index contributed by atoms with van der Waals surface area (Å²) >= 11 is 0. The van der Waals surface area contributed by atoms with Gasteiger partial charge in [-0.15, -0.1) is 0 Å². The van der Waals surface area contributed by atoms with Crippen LogP contribution in [0.3, 0.4) is 0 Å². The number of benzene rings is 1. The van der Waals surface area contributed by atoms with Gasteiger partial charge in [0.1, 0.15) is 0 Å². The van der Waals surface area contributed by atoms with Gasteiger partial charge in [0.05, 0.1) is 24.6 Å². The van der Waals surface area contributed by atoms with Crippen molar-refractivity contribution in [1.82, 2.24) is 0 Å². The molecule has 0 saturated carbocycles. The fraction of sp³-hybridized carbons (Fsp3) is 0.333. The number of amides is 2. The number of ether oxygens (including phenoxy) is 2. The number of anilines is 3. The van der Waals surface area contributed by atoms with E-state index in [1.165, 1.54) is 13.2 Å². The third-order valence-electron chi connectivity index (χ3n) is 2.06. The highest BCUT2D eigenvalue weighted by molar-refractivity contribution is 5.91. The summed E-state index contributed by atoms with van der Waals surface area (Å²) in [4.78, 5) is 22.4. The van der Waals surface area contributed by atoms with Crippen molar-refractivity contribution in [3.05, 3.63) is 18.2 Å². The van der Waals surface area contributed by atoms with Crippen molar-refractivity contribution in [2.24, 2.45) is 0 Å². The predicted molar refractivity (Wildman–Crippen MR) is 72.1 cm³/mol. The molecule has 1 aromatic rings. The topological polar surface area (TPSA) is 103 Å². The van der Waals surface area contributed by atoms with E-state index in [2.05, 4.69) is 15.4 Å². The number of rotatable bonds is 3. The number of nitrogens with one attached hydrogen (secondary N) is 2. The van der Waals surface area contributed by atoms with Gasteiger partial charge in [-0.05, 0) is 32.0 Å². The Kier molecular flexibility index (Phi) is 4.99. The zero-order valence-corrected chi connectivity index (χ0v) is 11.0. The highest BCUT2D eigenvalue weighted by atomic mass is 16.6. The second-order valence-corrected chi connectivity index (χ2v) is 4.00. The molecule has 0 bridgehead atoms. The maximum atomic E-state index is 11.4. The molecule has 0 unspecified atom stereocenters. The molecule has 0 saturated heterocycles. The summed E-state index contributed by atoms with van der Waals surface area (Å²) in [5.41, 5.74) is 6.91. The van der Waals surface area contributed by atoms with Crippen LogP contribution in [0.15, 0.2) is 18.2 Å². The van der Waals surface area contributed by atoms with Crippen molar-refractivity contribution >= 4 is 29.2 Å². The Morgan fingerprint density at radius 3 is 2.42 bits per heavy atom. The summed E-state index contributed by atoms with van der Waals surface area (Å²) in [7, 11) is 1.25. The number of hydrogen-bond donors (Lipinski definition) is 3. The molecule has 0 fully saturated rings. The first-order valence-electron chi connectivity index (χ1n) is 5.64. The molecular weight excluding hydrogens is 250 g/mol. The molecule has 104 valence electrons. The Labute approximate surface area is 111 Å². The molecule has 0 aliphatic heterocycles. The zero-order chi connectivity index (χ0) is 14.4. The lowest BCUT2D eigenvalue weighted by Crippen LogP contribution is -2.18. The Morgan fingerprint density at radius 1 is 1.21 bits per heavy atom. The van der Waals surface area contributed by atoms with Gasteiger partial charge < -0.3 is 15.2 Å². The van der Waals surface area contributed by atoms with E-state index in [-0.39, 0.29) is 6.10 Å². The molecule has 1 aromatic carbocycles. The van der Waals surface area contributed by atoms with Crippen molar-refractivity contribution in [3.8, 4) is 0 Å². The number of methoxy groups -OCH3 is 1. The molecule has 2 amide bonds. The van der Waals surface area contributed by atoms with Crippen LogP contribution in [0.4, 0.5) is 26.7 Å². The van der Waals surface area contributed by atoms with E-state index in [9.17, 15) is 9.59 Å². The van der Waals surface area contributed by atoms with Crippen LogP contribution in [0.5, 0.6) is 0 Å². The summed E-state index contributed by atoms with van der Waals surface area (Å²) in [6.07, 6.45) is -1.40. The fourth-order valence-corrected chi connectivity index (χ4v) is 1.28. The first-order valence-corrected chi connectivity index (χ1v) is 5.64. The minimum absolute atomic E-state index is 0.211. The predicted octanol–water partition coefficient (Wildman–Crippen LogP) is 2.40. The van der Waals surface area contributed by atoms with Gasteiger partial charge in [-0.1, -0.05) is 0 Å². The highest BCUT2D eigenvalue weighted by Crippen LogP contribution is 2.23. The van der Waals surface area contributed by atoms with Gasteiger partial charge in [0.25, 0.3) is 0 Å². The number of nitrogens with two attached hydrogens (primary N) is 1. The third-order valence-corrected chi connectivity index (χ3v) is 2.06. The van der Waals surface area contributed by atoms with Gasteiger partial charge in [-0.2, -0.15) is 0 Å². The van der Waals surface area contributed by atoms with Crippen molar-refractivity contribution < 1.29 is 19.1 Å². The van der Waals surface area contributed by atoms with Gasteiger partial charge in [-0.25, -0.2) is 9.59 Å². The molecule has 0 aliphatic carbocycles. The van der Waals surface area contributed by atoms with Crippen molar-refractivity contribution in [1.29, 1.82) is 0 Å².